The van der Waals surface area contributed by atoms with Gasteiger partial charge in [0, 0.05) is 41.3 Å². The summed E-state index contributed by atoms with van der Waals surface area (Å²) in [6.45, 7) is 6.38. The minimum atomic E-state index is -0.816. The normalized spacial score (nSPS) is 18.9. The molecule has 2 saturated heterocycles. The Labute approximate surface area is 241 Å². The number of aromatic amines is 1. The second-order valence-electron chi connectivity index (χ2n) is 12.1. The number of piperazine rings is 1. The number of aromatic nitrogens is 2. The number of amides is 3. The first-order valence-electron chi connectivity index (χ1n) is 13.9. The number of benzene rings is 2. The average molecular weight is 572 g/mol. The van der Waals surface area contributed by atoms with Gasteiger partial charge in [-0.15, -0.1) is 0 Å². The molecule has 4 aromatic rings. The van der Waals surface area contributed by atoms with Crippen molar-refractivity contribution in [3.8, 4) is 11.1 Å². The molecule has 8 nitrogen and oxygen atoms in total. The lowest BCUT2D eigenvalue weighted by molar-refractivity contribution is -0.138. The minimum absolute atomic E-state index is 0.167. The van der Waals surface area contributed by atoms with E-state index in [1.807, 2.05) is 20.8 Å². The van der Waals surface area contributed by atoms with E-state index in [0.717, 1.165) is 0 Å². The highest BCUT2D eigenvalue weighted by Crippen LogP contribution is 2.34. The van der Waals surface area contributed by atoms with Crippen molar-refractivity contribution in [1.82, 2.24) is 25.1 Å². The molecular weight excluding hydrogens is 540 g/mol. The monoisotopic (exact) mass is 571 g/mol. The number of pyridine rings is 1. The molecule has 0 saturated carbocycles. The van der Waals surface area contributed by atoms with Gasteiger partial charge in [-0.25, -0.2) is 8.78 Å². The Kier molecular flexibility index (Phi) is 6.79. The van der Waals surface area contributed by atoms with Crippen molar-refractivity contribution in [3.63, 3.8) is 0 Å². The molecule has 0 unspecified atom stereocenters. The van der Waals surface area contributed by atoms with E-state index < -0.39 is 23.2 Å². The molecule has 2 aromatic carbocycles. The van der Waals surface area contributed by atoms with Gasteiger partial charge in [-0.05, 0) is 48.2 Å². The van der Waals surface area contributed by atoms with Crippen LogP contribution in [0.15, 0.2) is 66.9 Å². The minimum Gasteiger partial charge on any atom is -0.350 e. The molecule has 42 heavy (non-hydrogen) atoms. The summed E-state index contributed by atoms with van der Waals surface area (Å²) in [6, 6.07) is 14.4. The number of carbonyl (C=O) groups excluding carboxylic acids is 3. The summed E-state index contributed by atoms with van der Waals surface area (Å²) < 4.78 is 27.8. The van der Waals surface area contributed by atoms with Crippen LogP contribution in [-0.2, 0) is 4.79 Å². The fraction of sp³-hybridized carbons (Fsp3) is 0.312. The third-order valence-corrected chi connectivity index (χ3v) is 8.17. The summed E-state index contributed by atoms with van der Waals surface area (Å²) in [5.41, 5.74) is 1.41. The van der Waals surface area contributed by atoms with Crippen molar-refractivity contribution in [2.45, 2.75) is 45.3 Å². The number of fused-ring (bicyclic) bond motifs is 3. The van der Waals surface area contributed by atoms with Gasteiger partial charge in [0.25, 0.3) is 11.8 Å². The zero-order chi connectivity index (χ0) is 29.8. The fourth-order valence-electron chi connectivity index (χ4n) is 5.95. The summed E-state index contributed by atoms with van der Waals surface area (Å²) in [7, 11) is 0. The number of H-pyrrole nitrogens is 1. The SMILES string of the molecule is CC(C)(C)[C@H](NC(=O)c1cc2ccc(F)cc2[nH]1)C(=O)N1C[C@@H]2C[C@H]1CN2C(=O)c1ccc(-c2ccccc2F)cn1. The van der Waals surface area contributed by atoms with Crippen molar-refractivity contribution in [2.24, 2.45) is 5.41 Å². The van der Waals surface area contributed by atoms with E-state index in [9.17, 15) is 23.2 Å². The van der Waals surface area contributed by atoms with Crippen LogP contribution in [0.25, 0.3) is 22.0 Å². The van der Waals surface area contributed by atoms with Crippen molar-refractivity contribution < 1.29 is 23.2 Å². The Balaban J connectivity index is 1.13. The van der Waals surface area contributed by atoms with Crippen LogP contribution in [0, 0.1) is 17.0 Å². The first kappa shape index (κ1) is 27.6. The van der Waals surface area contributed by atoms with E-state index in [1.165, 1.54) is 24.4 Å². The number of halogens is 2. The molecule has 2 bridgehead atoms. The van der Waals surface area contributed by atoms with Gasteiger partial charge in [0.05, 0.1) is 12.1 Å². The van der Waals surface area contributed by atoms with E-state index in [-0.39, 0.29) is 41.1 Å². The van der Waals surface area contributed by atoms with Gasteiger partial charge >= 0.3 is 0 Å². The molecule has 2 fully saturated rings. The summed E-state index contributed by atoms with van der Waals surface area (Å²) in [6.07, 6.45) is 2.14. The average Bonchev–Trinajstić information content (AvgIpc) is 3.69. The van der Waals surface area contributed by atoms with E-state index in [4.69, 9.17) is 0 Å². The van der Waals surface area contributed by atoms with E-state index >= 15 is 0 Å². The van der Waals surface area contributed by atoms with Crippen LogP contribution in [0.4, 0.5) is 8.78 Å². The lowest BCUT2D eigenvalue weighted by Gasteiger charge is -2.39. The Morgan fingerprint density at radius 3 is 2.38 bits per heavy atom. The lowest BCUT2D eigenvalue weighted by Crippen LogP contribution is -2.59. The smallest absolute Gasteiger partial charge is 0.272 e. The molecule has 0 radical (unpaired) electrons. The zero-order valence-corrected chi connectivity index (χ0v) is 23.5. The van der Waals surface area contributed by atoms with Crippen LogP contribution < -0.4 is 5.32 Å². The van der Waals surface area contributed by atoms with Gasteiger partial charge in [0.2, 0.25) is 5.91 Å². The molecule has 216 valence electrons. The molecular formula is C32H31F2N5O3. The van der Waals surface area contributed by atoms with Crippen molar-refractivity contribution in [3.05, 3.63) is 89.9 Å². The van der Waals surface area contributed by atoms with Crippen LogP contribution in [0.1, 0.15) is 48.2 Å². The first-order chi connectivity index (χ1) is 20.0. The molecule has 3 amide bonds. The van der Waals surface area contributed by atoms with Crippen LogP contribution in [0.3, 0.4) is 0 Å². The predicted molar refractivity (Wildman–Crippen MR) is 154 cm³/mol. The van der Waals surface area contributed by atoms with Crippen molar-refractivity contribution >= 4 is 28.6 Å². The Bertz CT molecular complexity index is 1690. The maximum atomic E-state index is 14.2. The summed E-state index contributed by atoms with van der Waals surface area (Å²) in [5, 5.41) is 3.59. The van der Waals surface area contributed by atoms with Crippen LogP contribution in [-0.4, -0.2) is 68.7 Å². The van der Waals surface area contributed by atoms with Crippen LogP contribution >= 0.6 is 0 Å². The first-order valence-corrected chi connectivity index (χ1v) is 13.9. The summed E-state index contributed by atoms with van der Waals surface area (Å²) in [4.78, 5) is 51.1. The zero-order valence-electron chi connectivity index (χ0n) is 23.5. The highest BCUT2D eigenvalue weighted by Gasteiger charge is 2.50. The molecule has 0 spiro atoms. The van der Waals surface area contributed by atoms with Gasteiger partial charge in [-0.3, -0.25) is 19.4 Å². The highest BCUT2D eigenvalue weighted by molar-refractivity contribution is 6.00. The number of hydrogen-bond donors (Lipinski definition) is 2. The van der Waals surface area contributed by atoms with Gasteiger partial charge in [-0.2, -0.15) is 0 Å². The topological polar surface area (TPSA) is 98.4 Å². The second kappa shape index (κ2) is 10.3. The van der Waals surface area contributed by atoms with Gasteiger partial charge in [0.1, 0.15) is 29.1 Å². The van der Waals surface area contributed by atoms with E-state index in [2.05, 4.69) is 15.3 Å². The lowest BCUT2D eigenvalue weighted by atomic mass is 9.85. The van der Waals surface area contributed by atoms with Gasteiger partial charge in [0.15, 0.2) is 0 Å². The Hall–Kier alpha value is -4.60. The number of carbonyl (C=O) groups is 3. The number of rotatable bonds is 5. The highest BCUT2D eigenvalue weighted by atomic mass is 19.1. The Morgan fingerprint density at radius 2 is 1.71 bits per heavy atom. The quantitative estimate of drug-likeness (QED) is 0.360. The third-order valence-electron chi connectivity index (χ3n) is 8.17. The molecule has 4 heterocycles. The molecule has 3 atom stereocenters. The molecule has 2 aromatic heterocycles. The van der Waals surface area contributed by atoms with Gasteiger partial charge < -0.3 is 20.1 Å². The predicted octanol–water partition coefficient (Wildman–Crippen LogP) is 4.78. The largest absolute Gasteiger partial charge is 0.350 e. The number of likely N-dealkylation sites (tertiary alicyclic amines) is 2. The summed E-state index contributed by atoms with van der Waals surface area (Å²) >= 11 is 0. The molecule has 6 rings (SSSR count). The fourth-order valence-corrected chi connectivity index (χ4v) is 5.95. The number of hydrogen-bond acceptors (Lipinski definition) is 4. The van der Waals surface area contributed by atoms with Crippen molar-refractivity contribution in [1.29, 1.82) is 0 Å². The molecule has 0 aliphatic carbocycles. The van der Waals surface area contributed by atoms with Crippen LogP contribution in [0.2, 0.25) is 0 Å². The number of nitrogens with zero attached hydrogens (tertiary/aromatic N) is 3. The molecule has 2 aliphatic rings. The maximum absolute atomic E-state index is 14.2. The molecule has 2 N–H and O–H groups in total. The summed E-state index contributed by atoms with van der Waals surface area (Å²) in [5.74, 6) is -1.66. The van der Waals surface area contributed by atoms with Crippen LogP contribution in [0.5, 0.6) is 0 Å². The van der Waals surface area contributed by atoms with Gasteiger partial charge in [-0.1, -0.05) is 45.0 Å². The van der Waals surface area contributed by atoms with Crippen molar-refractivity contribution in [2.75, 3.05) is 13.1 Å². The number of nitrogens with one attached hydrogen (secondary N) is 2. The molecule has 2 aliphatic heterocycles. The second-order valence-corrected chi connectivity index (χ2v) is 12.1. The van der Waals surface area contributed by atoms with E-state index in [0.29, 0.717) is 41.5 Å². The van der Waals surface area contributed by atoms with E-state index in [1.54, 1.807) is 52.3 Å². The standard InChI is InChI=1S/C32H31F2N5O3/c1-32(2,3)28(37-29(40)27-12-18-8-10-20(33)13-26(18)36-27)31(42)39-17-21-14-22(39)16-38(21)30(41)25-11-9-19(15-35-25)23-6-4-5-7-24(23)34/h4-13,15,21-22,28,36H,14,16-17H2,1-3H3,(H,37,40)/t21-,22-,28+/m0/s1. The molecule has 10 heteroatoms. The maximum Gasteiger partial charge on any atom is 0.272 e. The Morgan fingerprint density at radius 1 is 0.976 bits per heavy atom. The third kappa shape index (κ3) is 5.01.